The molecule has 0 aromatic heterocycles. The minimum Gasteiger partial charge on any atom is -0.380 e. The Balaban J connectivity index is 2.54. The van der Waals surface area contributed by atoms with Crippen molar-refractivity contribution in [3.63, 3.8) is 0 Å². The SMILES string of the molecule is CCOCC1(CC(C)NC(C)C)C(F)=C(F)c2c1ccc(F)c2F. The van der Waals surface area contributed by atoms with Crippen LogP contribution in [0.3, 0.4) is 0 Å². The van der Waals surface area contributed by atoms with Crippen LogP contribution in [0.4, 0.5) is 17.6 Å². The summed E-state index contributed by atoms with van der Waals surface area (Å²) in [5, 5.41) is 3.23. The highest BCUT2D eigenvalue weighted by molar-refractivity contribution is 5.75. The highest BCUT2D eigenvalue weighted by atomic mass is 19.2. The number of ether oxygens (including phenoxy) is 1. The van der Waals surface area contributed by atoms with E-state index in [1.165, 1.54) is 6.07 Å². The predicted octanol–water partition coefficient (Wildman–Crippen LogP) is 4.64. The van der Waals surface area contributed by atoms with Crippen molar-refractivity contribution >= 4 is 5.83 Å². The van der Waals surface area contributed by atoms with Crippen LogP contribution in [0.25, 0.3) is 5.83 Å². The lowest BCUT2D eigenvalue weighted by atomic mass is 9.77. The van der Waals surface area contributed by atoms with Crippen LogP contribution in [0.1, 0.15) is 45.2 Å². The van der Waals surface area contributed by atoms with Crippen molar-refractivity contribution in [2.45, 2.75) is 51.6 Å². The number of halogens is 4. The third-order valence-electron chi connectivity index (χ3n) is 4.27. The molecule has 0 heterocycles. The minimum absolute atomic E-state index is 0.0993. The summed E-state index contributed by atoms with van der Waals surface area (Å²) in [5.74, 6) is -4.98. The van der Waals surface area contributed by atoms with Gasteiger partial charge in [-0.05, 0) is 31.9 Å². The maximum Gasteiger partial charge on any atom is 0.169 e. The fourth-order valence-electron chi connectivity index (χ4n) is 3.43. The second kappa shape index (κ2) is 7.23. The molecule has 2 rings (SSSR count). The lowest BCUT2D eigenvalue weighted by Gasteiger charge is -2.33. The predicted molar refractivity (Wildman–Crippen MR) is 86.0 cm³/mol. The minimum atomic E-state index is -1.45. The molecule has 1 aromatic rings. The highest BCUT2D eigenvalue weighted by Crippen LogP contribution is 2.51. The standard InChI is InChI=1S/C18H23F4NO/c1-5-24-9-18(8-11(4)23-10(2)3)12-6-7-13(19)15(20)14(12)16(21)17(18)22/h6-7,10-11,23H,5,8-9H2,1-4H3. The molecule has 2 nitrogen and oxygen atoms in total. The second-order valence-electron chi connectivity index (χ2n) is 6.56. The van der Waals surface area contributed by atoms with Gasteiger partial charge in [0, 0.05) is 18.7 Å². The zero-order chi connectivity index (χ0) is 18.1. The first-order valence-electron chi connectivity index (χ1n) is 8.13. The Morgan fingerprint density at radius 1 is 1.12 bits per heavy atom. The molecule has 0 saturated heterocycles. The Labute approximate surface area is 139 Å². The number of fused-ring (bicyclic) bond motifs is 1. The number of nitrogens with one attached hydrogen (secondary N) is 1. The second-order valence-corrected chi connectivity index (χ2v) is 6.56. The molecule has 0 bridgehead atoms. The van der Waals surface area contributed by atoms with E-state index in [1.54, 1.807) is 6.92 Å². The maximum absolute atomic E-state index is 14.9. The van der Waals surface area contributed by atoms with Crippen molar-refractivity contribution in [3.05, 3.63) is 40.7 Å². The highest BCUT2D eigenvalue weighted by Gasteiger charge is 2.49. The van der Waals surface area contributed by atoms with Crippen molar-refractivity contribution in [2.24, 2.45) is 0 Å². The van der Waals surface area contributed by atoms with Crippen LogP contribution in [-0.2, 0) is 10.2 Å². The van der Waals surface area contributed by atoms with Crippen molar-refractivity contribution in [2.75, 3.05) is 13.2 Å². The zero-order valence-corrected chi connectivity index (χ0v) is 14.4. The van der Waals surface area contributed by atoms with E-state index in [0.29, 0.717) is 6.61 Å². The van der Waals surface area contributed by atoms with Gasteiger partial charge < -0.3 is 10.1 Å². The Morgan fingerprint density at radius 2 is 1.79 bits per heavy atom. The molecular weight excluding hydrogens is 322 g/mol. The molecule has 2 unspecified atom stereocenters. The van der Waals surface area contributed by atoms with Crippen LogP contribution in [0.2, 0.25) is 0 Å². The van der Waals surface area contributed by atoms with Gasteiger partial charge >= 0.3 is 0 Å². The third kappa shape index (κ3) is 3.22. The Kier molecular flexibility index (Phi) is 5.71. The normalized spacial score (nSPS) is 21.5. The van der Waals surface area contributed by atoms with Gasteiger partial charge in [-0.2, -0.15) is 0 Å². The summed E-state index contributed by atoms with van der Waals surface area (Å²) in [6, 6.07) is 2.12. The van der Waals surface area contributed by atoms with Gasteiger partial charge in [0.25, 0.3) is 0 Å². The average molecular weight is 345 g/mol. The van der Waals surface area contributed by atoms with E-state index in [4.69, 9.17) is 4.74 Å². The summed E-state index contributed by atoms with van der Waals surface area (Å²) in [7, 11) is 0. The molecule has 0 spiro atoms. The molecule has 1 N–H and O–H groups in total. The Morgan fingerprint density at radius 3 is 2.38 bits per heavy atom. The smallest absolute Gasteiger partial charge is 0.169 e. The summed E-state index contributed by atoms with van der Waals surface area (Å²) in [4.78, 5) is 0. The maximum atomic E-state index is 14.9. The molecule has 0 aliphatic heterocycles. The van der Waals surface area contributed by atoms with E-state index in [1.807, 2.05) is 20.8 Å². The van der Waals surface area contributed by atoms with Gasteiger partial charge in [0.1, 0.15) is 5.83 Å². The van der Waals surface area contributed by atoms with E-state index in [9.17, 15) is 17.6 Å². The molecular formula is C18H23F4NO. The molecule has 134 valence electrons. The Hall–Kier alpha value is -1.40. The first-order valence-corrected chi connectivity index (χ1v) is 8.13. The van der Waals surface area contributed by atoms with Crippen molar-refractivity contribution in [1.29, 1.82) is 0 Å². The number of hydrogen-bond acceptors (Lipinski definition) is 2. The Bertz CT molecular complexity index is 644. The van der Waals surface area contributed by atoms with Crippen molar-refractivity contribution in [3.8, 4) is 0 Å². The topological polar surface area (TPSA) is 21.3 Å². The summed E-state index contributed by atoms with van der Waals surface area (Å²) < 4.78 is 62.2. The third-order valence-corrected chi connectivity index (χ3v) is 4.27. The van der Waals surface area contributed by atoms with E-state index in [-0.39, 0.29) is 30.7 Å². The monoisotopic (exact) mass is 345 g/mol. The number of benzene rings is 1. The fourth-order valence-corrected chi connectivity index (χ4v) is 3.43. The van der Waals surface area contributed by atoms with Gasteiger partial charge in [-0.1, -0.05) is 19.9 Å². The fraction of sp³-hybridized carbons (Fsp3) is 0.556. The summed E-state index contributed by atoms with van der Waals surface area (Å²) in [6.45, 7) is 7.64. The molecule has 2 atom stereocenters. The molecule has 1 aromatic carbocycles. The van der Waals surface area contributed by atoms with Gasteiger partial charge in [-0.25, -0.2) is 17.6 Å². The van der Waals surface area contributed by atoms with E-state index < -0.39 is 34.3 Å². The quantitative estimate of drug-likeness (QED) is 0.727. The van der Waals surface area contributed by atoms with E-state index in [2.05, 4.69) is 5.32 Å². The molecule has 0 saturated carbocycles. The van der Waals surface area contributed by atoms with Crippen LogP contribution in [-0.4, -0.2) is 25.3 Å². The molecule has 24 heavy (non-hydrogen) atoms. The summed E-state index contributed by atoms with van der Waals surface area (Å²) in [6.07, 6.45) is 0.169. The van der Waals surface area contributed by atoms with Crippen LogP contribution in [0.5, 0.6) is 0 Å². The van der Waals surface area contributed by atoms with Crippen LogP contribution in [0, 0.1) is 11.6 Å². The summed E-state index contributed by atoms with van der Waals surface area (Å²) >= 11 is 0. The van der Waals surface area contributed by atoms with E-state index in [0.717, 1.165) is 6.07 Å². The lowest BCUT2D eigenvalue weighted by Crippen LogP contribution is -2.41. The van der Waals surface area contributed by atoms with Gasteiger partial charge in [0.2, 0.25) is 0 Å². The molecule has 0 radical (unpaired) electrons. The average Bonchev–Trinajstić information content (AvgIpc) is 2.71. The van der Waals surface area contributed by atoms with Crippen LogP contribution in [0.15, 0.2) is 18.0 Å². The number of hydrogen-bond donors (Lipinski definition) is 1. The molecule has 1 aliphatic carbocycles. The lowest BCUT2D eigenvalue weighted by molar-refractivity contribution is 0.0887. The number of rotatable bonds is 7. The first-order chi connectivity index (χ1) is 11.2. The zero-order valence-electron chi connectivity index (χ0n) is 14.4. The van der Waals surface area contributed by atoms with Crippen LogP contribution >= 0.6 is 0 Å². The summed E-state index contributed by atoms with van der Waals surface area (Å²) in [5.41, 5.74) is -1.98. The first kappa shape index (κ1) is 18.9. The molecule has 0 amide bonds. The largest absolute Gasteiger partial charge is 0.380 e. The molecule has 1 aliphatic rings. The molecule has 6 heteroatoms. The molecule has 0 fully saturated rings. The van der Waals surface area contributed by atoms with Crippen molar-refractivity contribution < 1.29 is 22.3 Å². The van der Waals surface area contributed by atoms with E-state index >= 15 is 0 Å². The van der Waals surface area contributed by atoms with Gasteiger partial charge in [0.05, 0.1) is 17.6 Å². The van der Waals surface area contributed by atoms with Gasteiger partial charge in [-0.15, -0.1) is 0 Å². The van der Waals surface area contributed by atoms with Gasteiger partial charge in [0.15, 0.2) is 17.5 Å². The van der Waals surface area contributed by atoms with Crippen LogP contribution < -0.4 is 5.32 Å². The van der Waals surface area contributed by atoms with Gasteiger partial charge in [-0.3, -0.25) is 0 Å². The van der Waals surface area contributed by atoms with Crippen molar-refractivity contribution in [1.82, 2.24) is 5.32 Å².